The molecule has 0 spiro atoms. The van der Waals surface area contributed by atoms with Gasteiger partial charge in [-0.25, -0.2) is 0 Å². The normalized spacial score (nSPS) is 34.7. The summed E-state index contributed by atoms with van der Waals surface area (Å²) in [6.45, 7) is 8.07. The van der Waals surface area contributed by atoms with Crippen LogP contribution in [0.1, 0.15) is 33.3 Å². The number of nitrogens with zero attached hydrogens (tertiary/aromatic N) is 3. The highest BCUT2D eigenvalue weighted by Crippen LogP contribution is 2.42. The smallest absolute Gasteiger partial charge is 0.190 e. The maximum Gasteiger partial charge on any atom is 0.190 e. The molecule has 0 amide bonds. The van der Waals surface area contributed by atoms with E-state index in [4.69, 9.17) is 45.6 Å². The average molecular weight is 426 g/mol. The van der Waals surface area contributed by atoms with Crippen molar-refractivity contribution in [1.29, 1.82) is 0 Å². The second-order valence-corrected chi connectivity index (χ2v) is 8.59. The van der Waals surface area contributed by atoms with Crippen LogP contribution in [0.3, 0.4) is 0 Å². The van der Waals surface area contributed by atoms with Gasteiger partial charge in [0.1, 0.15) is 24.4 Å². The van der Waals surface area contributed by atoms with E-state index in [0.29, 0.717) is 17.3 Å². The van der Waals surface area contributed by atoms with Crippen molar-refractivity contribution in [3.8, 4) is 0 Å². The standard InChI is InChI=1S/C19H24ClN3O6/c1-18(2)25-9-13(27-18)14-15(16-17(26-14)29-19(3,4)28-16)24-8-10-5-6-12(22-23-21)11(20)7-10/h5-7,13-17H,8-9H2,1-4H3/t13-,14-,15+,16-,17-/m1/s1. The van der Waals surface area contributed by atoms with E-state index in [1.54, 1.807) is 18.2 Å². The van der Waals surface area contributed by atoms with Crippen molar-refractivity contribution in [1.82, 2.24) is 0 Å². The molecule has 0 radical (unpaired) electrons. The Bertz CT molecular complexity index is 828. The summed E-state index contributed by atoms with van der Waals surface area (Å²) in [4.78, 5) is 2.76. The van der Waals surface area contributed by atoms with Crippen LogP contribution in [0, 0.1) is 0 Å². The molecule has 1 aromatic carbocycles. The molecule has 5 atom stereocenters. The average Bonchev–Trinajstić information content (AvgIpc) is 3.24. The zero-order valence-electron chi connectivity index (χ0n) is 16.7. The van der Waals surface area contributed by atoms with Gasteiger partial charge in [0.25, 0.3) is 0 Å². The Morgan fingerprint density at radius 2 is 1.97 bits per heavy atom. The fourth-order valence-electron chi connectivity index (χ4n) is 3.83. The van der Waals surface area contributed by atoms with Crippen molar-refractivity contribution in [3.63, 3.8) is 0 Å². The Kier molecular flexibility index (Phi) is 5.52. The van der Waals surface area contributed by atoms with Crippen molar-refractivity contribution in [3.05, 3.63) is 39.2 Å². The van der Waals surface area contributed by atoms with Gasteiger partial charge < -0.3 is 28.4 Å². The molecule has 158 valence electrons. The molecule has 29 heavy (non-hydrogen) atoms. The Morgan fingerprint density at radius 3 is 2.62 bits per heavy atom. The molecule has 0 N–H and O–H groups in total. The van der Waals surface area contributed by atoms with Gasteiger partial charge in [0.15, 0.2) is 17.9 Å². The molecule has 1 aromatic rings. The predicted molar refractivity (Wildman–Crippen MR) is 102 cm³/mol. The van der Waals surface area contributed by atoms with Crippen LogP contribution in [-0.2, 0) is 35.0 Å². The highest BCUT2D eigenvalue weighted by Gasteiger charge is 2.58. The minimum Gasteiger partial charge on any atom is -0.368 e. The summed E-state index contributed by atoms with van der Waals surface area (Å²) >= 11 is 6.17. The summed E-state index contributed by atoms with van der Waals surface area (Å²) in [5.74, 6) is -1.43. The molecule has 3 fully saturated rings. The van der Waals surface area contributed by atoms with Crippen LogP contribution in [0.4, 0.5) is 5.69 Å². The van der Waals surface area contributed by atoms with Crippen molar-refractivity contribution >= 4 is 17.3 Å². The van der Waals surface area contributed by atoms with E-state index in [9.17, 15) is 0 Å². The lowest BCUT2D eigenvalue weighted by molar-refractivity contribution is -0.236. The van der Waals surface area contributed by atoms with Crippen LogP contribution < -0.4 is 0 Å². The minimum atomic E-state index is -0.755. The van der Waals surface area contributed by atoms with Gasteiger partial charge in [-0.1, -0.05) is 28.8 Å². The van der Waals surface area contributed by atoms with Crippen molar-refractivity contribution in [2.24, 2.45) is 5.11 Å². The van der Waals surface area contributed by atoms with Gasteiger partial charge in [-0.2, -0.15) is 0 Å². The van der Waals surface area contributed by atoms with E-state index in [-0.39, 0.29) is 18.8 Å². The predicted octanol–water partition coefficient (Wildman–Crippen LogP) is 4.19. The number of rotatable bonds is 5. The lowest BCUT2D eigenvalue weighted by Crippen LogP contribution is -2.44. The molecule has 3 saturated heterocycles. The molecular formula is C19H24ClN3O6. The number of hydrogen-bond acceptors (Lipinski definition) is 7. The first-order valence-corrected chi connectivity index (χ1v) is 9.83. The van der Waals surface area contributed by atoms with Crippen molar-refractivity contribution in [2.45, 2.75) is 76.6 Å². The lowest BCUT2D eigenvalue weighted by atomic mass is 10.1. The first-order chi connectivity index (χ1) is 13.7. The van der Waals surface area contributed by atoms with Gasteiger partial charge in [0.05, 0.1) is 23.9 Å². The number of halogens is 1. The molecule has 10 heteroatoms. The Balaban J connectivity index is 1.50. The Morgan fingerprint density at radius 1 is 1.17 bits per heavy atom. The summed E-state index contributed by atoms with van der Waals surface area (Å²) in [7, 11) is 0. The van der Waals surface area contributed by atoms with Crippen LogP contribution in [-0.4, -0.2) is 48.9 Å². The van der Waals surface area contributed by atoms with Crippen molar-refractivity contribution in [2.75, 3.05) is 6.61 Å². The van der Waals surface area contributed by atoms with E-state index in [1.165, 1.54) is 0 Å². The maximum absolute atomic E-state index is 8.57. The quantitative estimate of drug-likeness (QED) is 0.398. The van der Waals surface area contributed by atoms with Gasteiger partial charge in [-0.3, -0.25) is 0 Å². The fourth-order valence-corrected chi connectivity index (χ4v) is 4.07. The van der Waals surface area contributed by atoms with Crippen LogP contribution in [0.5, 0.6) is 0 Å². The lowest BCUT2D eigenvalue weighted by Gasteiger charge is -2.29. The summed E-state index contributed by atoms with van der Waals surface area (Å²) in [6, 6.07) is 5.16. The zero-order chi connectivity index (χ0) is 20.8. The number of ether oxygens (including phenoxy) is 6. The highest BCUT2D eigenvalue weighted by atomic mass is 35.5. The largest absolute Gasteiger partial charge is 0.368 e. The van der Waals surface area contributed by atoms with Crippen molar-refractivity contribution < 1.29 is 28.4 Å². The Labute approximate surface area is 173 Å². The number of hydrogen-bond donors (Lipinski definition) is 0. The molecule has 3 aliphatic heterocycles. The minimum absolute atomic E-state index is 0.269. The maximum atomic E-state index is 8.57. The second kappa shape index (κ2) is 7.68. The summed E-state index contributed by atoms with van der Waals surface area (Å²) in [5.41, 5.74) is 9.77. The molecule has 0 aliphatic carbocycles. The number of benzene rings is 1. The summed E-state index contributed by atoms with van der Waals surface area (Å²) in [6.07, 6.45) is -2.05. The molecule has 0 saturated carbocycles. The molecule has 4 rings (SSSR count). The number of azide groups is 1. The molecular weight excluding hydrogens is 402 g/mol. The third-order valence-electron chi connectivity index (χ3n) is 5.03. The van der Waals surface area contributed by atoms with Gasteiger partial charge in [0, 0.05) is 4.91 Å². The topological polar surface area (TPSA) is 104 Å². The third kappa shape index (κ3) is 4.38. The zero-order valence-corrected chi connectivity index (χ0v) is 17.5. The van der Waals surface area contributed by atoms with Gasteiger partial charge in [-0.15, -0.1) is 0 Å². The summed E-state index contributed by atoms with van der Waals surface area (Å²) in [5, 5.41) is 3.90. The van der Waals surface area contributed by atoms with E-state index < -0.39 is 30.1 Å². The van der Waals surface area contributed by atoms with Crippen LogP contribution >= 0.6 is 11.6 Å². The molecule has 9 nitrogen and oxygen atoms in total. The first-order valence-electron chi connectivity index (χ1n) is 9.45. The van der Waals surface area contributed by atoms with E-state index in [2.05, 4.69) is 10.0 Å². The van der Waals surface area contributed by atoms with E-state index in [1.807, 2.05) is 27.7 Å². The highest BCUT2D eigenvalue weighted by molar-refractivity contribution is 6.33. The fraction of sp³-hybridized carbons (Fsp3) is 0.684. The van der Waals surface area contributed by atoms with Gasteiger partial charge in [0.2, 0.25) is 0 Å². The first kappa shape index (κ1) is 20.8. The molecule has 0 aromatic heterocycles. The molecule has 0 bridgehead atoms. The number of fused-ring (bicyclic) bond motifs is 1. The third-order valence-corrected chi connectivity index (χ3v) is 5.33. The van der Waals surface area contributed by atoms with Crippen LogP contribution in [0.15, 0.2) is 23.3 Å². The SMILES string of the molecule is CC1(C)O[C@H]2O[C@H]([C@H]3COC(C)(C)O3)[C@H](OCc3ccc(N=[N+]=[N-])c(Cl)c3)[C@H]2O1. The Hall–Kier alpha value is -1.42. The molecule has 3 aliphatic rings. The van der Waals surface area contributed by atoms with E-state index >= 15 is 0 Å². The van der Waals surface area contributed by atoms with Crippen LogP contribution in [0.2, 0.25) is 5.02 Å². The molecule has 3 heterocycles. The summed E-state index contributed by atoms with van der Waals surface area (Å²) < 4.78 is 35.9. The van der Waals surface area contributed by atoms with Gasteiger partial charge >= 0.3 is 0 Å². The van der Waals surface area contributed by atoms with Crippen LogP contribution in [0.25, 0.3) is 10.4 Å². The second-order valence-electron chi connectivity index (χ2n) is 8.19. The van der Waals surface area contributed by atoms with Gasteiger partial charge in [-0.05, 0) is 44.9 Å². The van der Waals surface area contributed by atoms with E-state index in [0.717, 1.165) is 5.56 Å². The molecule has 0 unspecified atom stereocenters. The monoisotopic (exact) mass is 425 g/mol.